The van der Waals surface area contributed by atoms with Crippen LogP contribution in [0.1, 0.15) is 32.3 Å². The third-order valence-electron chi connectivity index (χ3n) is 6.51. The number of amides is 1. The highest BCUT2D eigenvalue weighted by atomic mass is 35.5. The molecule has 1 N–H and O–H groups in total. The van der Waals surface area contributed by atoms with E-state index in [4.69, 9.17) is 16.3 Å². The van der Waals surface area contributed by atoms with E-state index in [2.05, 4.69) is 11.0 Å². The molecule has 1 amide bonds. The molecule has 0 aliphatic carbocycles. The average molecular weight is 445 g/mol. The lowest BCUT2D eigenvalue weighted by Crippen LogP contribution is -2.53. The van der Waals surface area contributed by atoms with Gasteiger partial charge < -0.3 is 19.6 Å². The number of carbonyl (C=O) groups excluding carboxylic acids is 1. The maximum Gasteiger partial charge on any atom is 0.232 e. The van der Waals surface area contributed by atoms with Gasteiger partial charge in [-0.15, -0.1) is 0 Å². The molecule has 0 spiro atoms. The van der Waals surface area contributed by atoms with E-state index >= 15 is 0 Å². The van der Waals surface area contributed by atoms with Gasteiger partial charge >= 0.3 is 0 Å². The third kappa shape index (κ3) is 5.40. The number of carbonyl (C=O) groups is 1. The van der Waals surface area contributed by atoms with Crippen LogP contribution >= 0.6 is 11.6 Å². The Balaban J connectivity index is 1.62. The average Bonchev–Trinajstić information content (AvgIpc) is 2.80. The molecule has 6 heteroatoms. The number of benzene rings is 2. The minimum atomic E-state index is -1.01. The smallest absolute Gasteiger partial charge is 0.232 e. The van der Waals surface area contributed by atoms with Gasteiger partial charge in [-0.2, -0.15) is 0 Å². The molecule has 0 aromatic heterocycles. The van der Waals surface area contributed by atoms with Crippen LogP contribution in [0, 0.1) is 5.92 Å². The highest BCUT2D eigenvalue weighted by Crippen LogP contribution is 2.34. The number of para-hydroxylation sites is 2. The summed E-state index contributed by atoms with van der Waals surface area (Å²) in [5.74, 6) is 0.0911. The topological polar surface area (TPSA) is 53.0 Å². The fourth-order valence-electron chi connectivity index (χ4n) is 4.34. The molecule has 5 nitrogen and oxygen atoms in total. The van der Waals surface area contributed by atoms with Crippen LogP contribution in [0.4, 0.5) is 5.69 Å². The summed E-state index contributed by atoms with van der Waals surface area (Å²) in [6, 6.07) is 15.4. The summed E-state index contributed by atoms with van der Waals surface area (Å²) in [7, 11) is 1.60. The molecular weight excluding hydrogens is 412 g/mol. The number of piperidine rings is 1. The molecule has 1 atom stereocenters. The number of ether oxygens (including phenoxy) is 1. The molecule has 31 heavy (non-hydrogen) atoms. The van der Waals surface area contributed by atoms with Crippen molar-refractivity contribution in [3.8, 4) is 5.75 Å². The molecule has 3 rings (SSSR count). The first-order valence-electron chi connectivity index (χ1n) is 11.0. The monoisotopic (exact) mass is 444 g/mol. The lowest BCUT2D eigenvalue weighted by molar-refractivity contribution is -0.135. The van der Waals surface area contributed by atoms with E-state index in [9.17, 15) is 9.90 Å². The Morgan fingerprint density at radius 1 is 1.19 bits per heavy atom. The third-order valence-corrected chi connectivity index (χ3v) is 6.88. The van der Waals surface area contributed by atoms with Crippen LogP contribution in [-0.4, -0.2) is 54.8 Å². The van der Waals surface area contributed by atoms with Crippen LogP contribution in [0.3, 0.4) is 0 Å². The lowest BCUT2D eigenvalue weighted by Gasteiger charge is -2.42. The number of aliphatic hydroxyl groups is 1. The van der Waals surface area contributed by atoms with E-state index in [1.807, 2.05) is 56.3 Å². The number of likely N-dealkylation sites (tertiary alicyclic amines) is 1. The SMILES string of the molecule is CCN(C(=O)C(C)C1(O)CCN(CCc2ccccc2Cl)CC1)c1ccccc1OC. The van der Waals surface area contributed by atoms with E-state index in [0.29, 0.717) is 25.1 Å². The zero-order chi connectivity index (χ0) is 22.4. The Kier molecular flexibility index (Phi) is 7.98. The second-order valence-electron chi connectivity index (χ2n) is 8.26. The standard InChI is InChI=1S/C25H33ClN2O3/c1-4-28(22-11-7-8-12-23(22)31-3)24(29)19(2)25(30)14-17-27(18-15-25)16-13-20-9-5-6-10-21(20)26/h5-12,19,30H,4,13-18H2,1-3H3. The summed E-state index contributed by atoms with van der Waals surface area (Å²) in [4.78, 5) is 17.4. The van der Waals surface area contributed by atoms with Gasteiger partial charge in [0.2, 0.25) is 5.91 Å². The van der Waals surface area contributed by atoms with Crippen molar-refractivity contribution in [3.63, 3.8) is 0 Å². The van der Waals surface area contributed by atoms with Gasteiger partial charge in [0.15, 0.2) is 0 Å². The van der Waals surface area contributed by atoms with Crippen LogP contribution < -0.4 is 9.64 Å². The summed E-state index contributed by atoms with van der Waals surface area (Å²) in [6.07, 6.45) is 2.03. The Morgan fingerprint density at radius 2 is 1.84 bits per heavy atom. The lowest BCUT2D eigenvalue weighted by atomic mass is 9.79. The van der Waals surface area contributed by atoms with Crippen molar-refractivity contribution >= 4 is 23.2 Å². The molecule has 1 unspecified atom stereocenters. The number of halogens is 1. The van der Waals surface area contributed by atoms with E-state index in [1.165, 1.54) is 0 Å². The fourth-order valence-corrected chi connectivity index (χ4v) is 4.57. The van der Waals surface area contributed by atoms with Crippen molar-refractivity contribution in [2.24, 2.45) is 5.92 Å². The summed E-state index contributed by atoms with van der Waals surface area (Å²) in [5.41, 5.74) is 0.877. The molecule has 2 aromatic rings. The number of methoxy groups -OCH3 is 1. The van der Waals surface area contributed by atoms with Gasteiger partial charge in [0.05, 0.1) is 24.3 Å². The first-order valence-corrected chi connectivity index (χ1v) is 11.4. The zero-order valence-electron chi connectivity index (χ0n) is 18.7. The van der Waals surface area contributed by atoms with Gasteiger partial charge in [-0.25, -0.2) is 0 Å². The number of hydrogen-bond donors (Lipinski definition) is 1. The second kappa shape index (κ2) is 10.5. The first-order chi connectivity index (χ1) is 14.9. The van der Waals surface area contributed by atoms with Crippen LogP contribution in [0.2, 0.25) is 5.02 Å². The quantitative estimate of drug-likeness (QED) is 0.655. The molecule has 1 aliphatic heterocycles. The number of anilines is 1. The highest BCUT2D eigenvalue weighted by Gasteiger charge is 2.42. The van der Waals surface area contributed by atoms with Gasteiger partial charge in [-0.05, 0) is 49.9 Å². The van der Waals surface area contributed by atoms with Crippen molar-refractivity contribution in [2.75, 3.05) is 38.2 Å². The van der Waals surface area contributed by atoms with E-state index < -0.39 is 11.5 Å². The van der Waals surface area contributed by atoms with E-state index in [-0.39, 0.29) is 5.91 Å². The number of nitrogens with zero attached hydrogens (tertiary/aromatic N) is 2. The molecule has 1 saturated heterocycles. The minimum absolute atomic E-state index is 0.0704. The minimum Gasteiger partial charge on any atom is -0.495 e. The molecule has 1 fully saturated rings. The number of hydrogen-bond acceptors (Lipinski definition) is 4. The van der Waals surface area contributed by atoms with Crippen molar-refractivity contribution in [1.29, 1.82) is 0 Å². The molecule has 0 saturated carbocycles. The summed E-state index contributed by atoms with van der Waals surface area (Å²) in [6.45, 7) is 6.73. The molecule has 168 valence electrons. The molecule has 1 heterocycles. The van der Waals surface area contributed by atoms with Crippen LogP contribution in [0.25, 0.3) is 0 Å². The second-order valence-corrected chi connectivity index (χ2v) is 8.67. The first kappa shape index (κ1) is 23.6. The number of rotatable bonds is 8. The van der Waals surface area contributed by atoms with Crippen molar-refractivity contribution < 1.29 is 14.6 Å². The summed E-state index contributed by atoms with van der Waals surface area (Å²) < 4.78 is 5.44. The largest absolute Gasteiger partial charge is 0.495 e. The van der Waals surface area contributed by atoms with Crippen molar-refractivity contribution in [1.82, 2.24) is 4.90 Å². The Labute approximate surface area is 190 Å². The fraction of sp³-hybridized carbons (Fsp3) is 0.480. The van der Waals surface area contributed by atoms with E-state index in [0.717, 1.165) is 42.3 Å². The summed E-state index contributed by atoms with van der Waals surface area (Å²) >= 11 is 6.27. The molecular formula is C25H33ClN2O3. The van der Waals surface area contributed by atoms with Crippen LogP contribution in [-0.2, 0) is 11.2 Å². The molecule has 2 aromatic carbocycles. The van der Waals surface area contributed by atoms with Crippen LogP contribution in [0.5, 0.6) is 5.75 Å². The Hall–Kier alpha value is -2.08. The van der Waals surface area contributed by atoms with Crippen LogP contribution in [0.15, 0.2) is 48.5 Å². The van der Waals surface area contributed by atoms with Crippen molar-refractivity contribution in [2.45, 2.75) is 38.7 Å². The highest BCUT2D eigenvalue weighted by molar-refractivity contribution is 6.31. The predicted octanol–water partition coefficient (Wildman–Crippen LogP) is 4.41. The molecule has 0 bridgehead atoms. The van der Waals surface area contributed by atoms with Gasteiger partial charge in [0, 0.05) is 31.2 Å². The van der Waals surface area contributed by atoms with Gasteiger partial charge in [0.1, 0.15) is 5.75 Å². The van der Waals surface area contributed by atoms with Gasteiger partial charge in [-0.3, -0.25) is 4.79 Å². The molecule has 0 radical (unpaired) electrons. The van der Waals surface area contributed by atoms with E-state index in [1.54, 1.807) is 12.0 Å². The normalized spacial score (nSPS) is 17.2. The van der Waals surface area contributed by atoms with Gasteiger partial charge in [-0.1, -0.05) is 48.9 Å². The Morgan fingerprint density at radius 3 is 2.48 bits per heavy atom. The van der Waals surface area contributed by atoms with Crippen molar-refractivity contribution in [3.05, 3.63) is 59.1 Å². The maximum atomic E-state index is 13.4. The zero-order valence-corrected chi connectivity index (χ0v) is 19.4. The van der Waals surface area contributed by atoms with Gasteiger partial charge in [0.25, 0.3) is 0 Å². The summed E-state index contributed by atoms with van der Waals surface area (Å²) in [5, 5.41) is 12.1. The molecule has 1 aliphatic rings. The maximum absolute atomic E-state index is 13.4. The Bertz CT molecular complexity index is 881. The predicted molar refractivity (Wildman–Crippen MR) is 126 cm³/mol.